The summed E-state index contributed by atoms with van der Waals surface area (Å²) in [6, 6.07) is 5.31. The van der Waals surface area contributed by atoms with Gasteiger partial charge < -0.3 is 14.8 Å². The summed E-state index contributed by atoms with van der Waals surface area (Å²) in [6.45, 7) is 9.87. The maximum Gasteiger partial charge on any atom is 0.328 e. The molecule has 0 saturated heterocycles. The van der Waals surface area contributed by atoms with Crippen LogP contribution in [0.2, 0.25) is 0 Å². The summed E-state index contributed by atoms with van der Waals surface area (Å²) in [6.07, 6.45) is 0.760. The Labute approximate surface area is 144 Å². The lowest BCUT2D eigenvalue weighted by molar-refractivity contribution is -0.146. The van der Waals surface area contributed by atoms with E-state index < -0.39 is 12.0 Å². The number of hydrogen-bond acceptors (Lipinski definition) is 4. The van der Waals surface area contributed by atoms with Gasteiger partial charge in [0, 0.05) is 0 Å². The lowest BCUT2D eigenvalue weighted by atomic mass is 9.99. The molecule has 0 aliphatic carbocycles. The number of benzene rings is 1. The first kappa shape index (κ1) is 20.0. The van der Waals surface area contributed by atoms with E-state index in [4.69, 9.17) is 9.47 Å². The molecule has 0 aliphatic rings. The largest absolute Gasteiger partial charge is 0.483 e. The highest BCUT2D eigenvalue weighted by Crippen LogP contribution is 2.27. The summed E-state index contributed by atoms with van der Waals surface area (Å²) in [4.78, 5) is 24.0. The van der Waals surface area contributed by atoms with E-state index in [0.717, 1.165) is 17.5 Å². The second-order valence-electron chi connectivity index (χ2n) is 6.44. The van der Waals surface area contributed by atoms with Gasteiger partial charge in [-0.1, -0.05) is 46.2 Å². The summed E-state index contributed by atoms with van der Waals surface area (Å²) >= 11 is 0. The van der Waals surface area contributed by atoms with Gasteiger partial charge in [-0.05, 0) is 36.0 Å². The minimum atomic E-state index is -0.654. The fraction of sp³-hybridized carbons (Fsp3) is 0.579. The van der Waals surface area contributed by atoms with E-state index >= 15 is 0 Å². The number of carbonyl (C=O) groups is 2. The number of esters is 1. The SMILES string of the molecule is CCC(C)C(NC(=O)COc1cc(C)ccc1C(C)C)C(=O)OC. The van der Waals surface area contributed by atoms with Crippen molar-refractivity contribution in [3.8, 4) is 5.75 Å². The first-order valence-corrected chi connectivity index (χ1v) is 8.40. The fourth-order valence-corrected chi connectivity index (χ4v) is 2.40. The summed E-state index contributed by atoms with van der Waals surface area (Å²) in [7, 11) is 1.32. The molecule has 1 N–H and O–H groups in total. The second kappa shape index (κ2) is 9.30. The molecule has 0 aliphatic heterocycles. The molecule has 0 saturated carbocycles. The summed E-state index contributed by atoms with van der Waals surface area (Å²) in [5, 5.41) is 2.71. The Balaban J connectivity index is 2.75. The number of rotatable bonds is 8. The molecule has 2 atom stereocenters. The predicted octanol–water partition coefficient (Wildman–Crippen LogP) is 3.20. The zero-order valence-electron chi connectivity index (χ0n) is 15.5. The molecule has 0 heterocycles. The van der Waals surface area contributed by atoms with Crippen LogP contribution in [0, 0.1) is 12.8 Å². The van der Waals surface area contributed by atoms with Crippen molar-refractivity contribution in [2.24, 2.45) is 5.92 Å². The Morgan fingerprint density at radius 1 is 1.21 bits per heavy atom. The average Bonchev–Trinajstić information content (AvgIpc) is 2.56. The van der Waals surface area contributed by atoms with Gasteiger partial charge in [0.05, 0.1) is 7.11 Å². The molecule has 0 aromatic heterocycles. The van der Waals surface area contributed by atoms with E-state index in [2.05, 4.69) is 19.2 Å². The number of ether oxygens (including phenoxy) is 2. The van der Waals surface area contributed by atoms with Gasteiger partial charge in [-0.3, -0.25) is 4.79 Å². The van der Waals surface area contributed by atoms with Crippen LogP contribution >= 0.6 is 0 Å². The Bertz CT molecular complexity index is 568. The normalized spacial score (nSPS) is 13.3. The number of methoxy groups -OCH3 is 1. The summed E-state index contributed by atoms with van der Waals surface area (Å²) in [5.41, 5.74) is 2.13. The molecule has 24 heavy (non-hydrogen) atoms. The fourth-order valence-electron chi connectivity index (χ4n) is 2.40. The monoisotopic (exact) mass is 335 g/mol. The van der Waals surface area contributed by atoms with E-state index in [0.29, 0.717) is 11.7 Å². The zero-order valence-corrected chi connectivity index (χ0v) is 15.5. The highest BCUT2D eigenvalue weighted by atomic mass is 16.5. The molecule has 1 aromatic carbocycles. The molecule has 1 rings (SSSR count). The maximum atomic E-state index is 12.2. The van der Waals surface area contributed by atoms with Crippen LogP contribution in [0.15, 0.2) is 18.2 Å². The topological polar surface area (TPSA) is 64.6 Å². The van der Waals surface area contributed by atoms with E-state index in [1.54, 1.807) is 0 Å². The molecule has 134 valence electrons. The average molecular weight is 335 g/mol. The number of amides is 1. The van der Waals surface area contributed by atoms with E-state index in [1.165, 1.54) is 7.11 Å². The lowest BCUT2D eigenvalue weighted by Crippen LogP contribution is -2.47. The van der Waals surface area contributed by atoms with Gasteiger partial charge >= 0.3 is 5.97 Å². The molecule has 0 fully saturated rings. The van der Waals surface area contributed by atoms with Crippen molar-refractivity contribution < 1.29 is 19.1 Å². The molecule has 2 unspecified atom stereocenters. The Hall–Kier alpha value is -2.04. The van der Waals surface area contributed by atoms with Crippen molar-refractivity contribution in [1.82, 2.24) is 5.32 Å². The lowest BCUT2D eigenvalue weighted by Gasteiger charge is -2.22. The molecule has 0 spiro atoms. The molecule has 5 heteroatoms. The first-order chi connectivity index (χ1) is 11.3. The Morgan fingerprint density at radius 3 is 2.42 bits per heavy atom. The van der Waals surface area contributed by atoms with E-state index in [-0.39, 0.29) is 18.4 Å². The Morgan fingerprint density at radius 2 is 1.88 bits per heavy atom. The van der Waals surface area contributed by atoms with Crippen molar-refractivity contribution >= 4 is 11.9 Å². The van der Waals surface area contributed by atoms with Gasteiger partial charge in [-0.2, -0.15) is 0 Å². The molecule has 1 amide bonds. The number of hydrogen-bond donors (Lipinski definition) is 1. The number of nitrogens with one attached hydrogen (secondary N) is 1. The van der Waals surface area contributed by atoms with Gasteiger partial charge in [-0.25, -0.2) is 4.79 Å². The third-order valence-electron chi connectivity index (χ3n) is 4.13. The minimum absolute atomic E-state index is 0.00778. The number of carbonyl (C=O) groups excluding carboxylic acids is 2. The van der Waals surface area contributed by atoms with Gasteiger partial charge in [0.15, 0.2) is 6.61 Å². The third kappa shape index (κ3) is 5.55. The molecule has 0 bridgehead atoms. The zero-order chi connectivity index (χ0) is 18.3. The molecular weight excluding hydrogens is 306 g/mol. The van der Waals surface area contributed by atoms with Crippen LogP contribution in [0.1, 0.15) is 51.2 Å². The Kier molecular flexibility index (Phi) is 7.75. The van der Waals surface area contributed by atoms with E-state index in [9.17, 15) is 9.59 Å². The van der Waals surface area contributed by atoms with Crippen LogP contribution in [0.5, 0.6) is 5.75 Å². The van der Waals surface area contributed by atoms with Crippen molar-refractivity contribution in [2.45, 2.75) is 53.0 Å². The maximum absolute atomic E-state index is 12.2. The highest BCUT2D eigenvalue weighted by Gasteiger charge is 2.26. The van der Waals surface area contributed by atoms with Crippen LogP contribution in [-0.4, -0.2) is 31.6 Å². The molecule has 1 aromatic rings. The van der Waals surface area contributed by atoms with Crippen LogP contribution in [0.25, 0.3) is 0 Å². The van der Waals surface area contributed by atoms with Crippen molar-refractivity contribution in [1.29, 1.82) is 0 Å². The minimum Gasteiger partial charge on any atom is -0.483 e. The van der Waals surface area contributed by atoms with Crippen LogP contribution in [-0.2, 0) is 14.3 Å². The smallest absolute Gasteiger partial charge is 0.328 e. The molecule has 0 radical (unpaired) electrons. The number of aryl methyl sites for hydroxylation is 1. The first-order valence-electron chi connectivity index (χ1n) is 8.40. The van der Waals surface area contributed by atoms with Gasteiger partial charge in [0.2, 0.25) is 0 Å². The van der Waals surface area contributed by atoms with E-state index in [1.807, 2.05) is 39.0 Å². The van der Waals surface area contributed by atoms with Gasteiger partial charge in [-0.15, -0.1) is 0 Å². The third-order valence-corrected chi connectivity index (χ3v) is 4.13. The quantitative estimate of drug-likeness (QED) is 0.741. The van der Waals surface area contributed by atoms with Crippen molar-refractivity contribution in [3.63, 3.8) is 0 Å². The highest BCUT2D eigenvalue weighted by molar-refractivity contribution is 5.85. The second-order valence-corrected chi connectivity index (χ2v) is 6.44. The van der Waals surface area contributed by atoms with Crippen molar-refractivity contribution in [2.75, 3.05) is 13.7 Å². The van der Waals surface area contributed by atoms with Gasteiger partial charge in [0.25, 0.3) is 5.91 Å². The summed E-state index contributed by atoms with van der Waals surface area (Å²) < 4.78 is 10.5. The molecule has 5 nitrogen and oxygen atoms in total. The standard InChI is InChI=1S/C19H29NO4/c1-7-14(5)18(19(22)23-6)20-17(21)11-24-16-10-13(4)8-9-15(16)12(2)3/h8-10,12,14,18H,7,11H2,1-6H3,(H,20,21). The van der Waals surface area contributed by atoms with Gasteiger partial charge in [0.1, 0.15) is 11.8 Å². The van der Waals surface area contributed by atoms with Crippen LogP contribution in [0.4, 0.5) is 0 Å². The predicted molar refractivity (Wildman–Crippen MR) is 94.2 cm³/mol. The van der Waals surface area contributed by atoms with Crippen LogP contribution < -0.4 is 10.1 Å². The summed E-state index contributed by atoms with van der Waals surface area (Å²) in [5.74, 6) is 0.231. The van der Waals surface area contributed by atoms with Crippen LogP contribution in [0.3, 0.4) is 0 Å². The van der Waals surface area contributed by atoms with Crippen molar-refractivity contribution in [3.05, 3.63) is 29.3 Å². The molecular formula is C19H29NO4.